The van der Waals surface area contributed by atoms with Crippen molar-refractivity contribution in [1.82, 2.24) is 0 Å². The summed E-state index contributed by atoms with van der Waals surface area (Å²) in [5.41, 5.74) is 0.531. The van der Waals surface area contributed by atoms with E-state index in [1.807, 2.05) is 0 Å². The third-order valence-corrected chi connectivity index (χ3v) is 2.62. The predicted molar refractivity (Wildman–Crippen MR) is 55.0 cm³/mol. The number of anilines is 1. The van der Waals surface area contributed by atoms with Gasteiger partial charge in [0.2, 0.25) is 5.91 Å². The monoisotopic (exact) mass is 233 g/mol. The minimum absolute atomic E-state index is 0.0877. The van der Waals surface area contributed by atoms with Crippen LogP contribution in [0, 0.1) is 0 Å². The third-order valence-electron chi connectivity index (χ3n) is 1.45. The quantitative estimate of drug-likeness (QED) is 0.776. The zero-order valence-electron chi connectivity index (χ0n) is 7.12. The first kappa shape index (κ1) is 11.0. The molecule has 0 saturated heterocycles. The zero-order valence-corrected chi connectivity index (χ0v) is 8.69. The van der Waals surface area contributed by atoms with Crippen molar-refractivity contribution in [2.45, 2.75) is 6.42 Å². The number of nitrogens with one attached hydrogen (secondary N) is 1. The van der Waals surface area contributed by atoms with Crippen LogP contribution in [0.15, 0.2) is 11.4 Å². The van der Waals surface area contributed by atoms with E-state index in [2.05, 4.69) is 5.32 Å². The Bertz CT molecular complexity index is 350. The lowest BCUT2D eigenvalue weighted by Gasteiger charge is -2.02. The highest BCUT2D eigenvalue weighted by atomic mass is 35.5. The fourth-order valence-electron chi connectivity index (χ4n) is 0.910. The minimum Gasteiger partial charge on any atom is -0.481 e. The van der Waals surface area contributed by atoms with Gasteiger partial charge in [-0.3, -0.25) is 9.59 Å². The molecule has 14 heavy (non-hydrogen) atoms. The highest BCUT2D eigenvalue weighted by molar-refractivity contribution is 7.10. The number of hydrogen-bond donors (Lipinski definition) is 2. The highest BCUT2D eigenvalue weighted by Crippen LogP contribution is 2.22. The largest absolute Gasteiger partial charge is 0.481 e. The van der Waals surface area contributed by atoms with E-state index in [0.29, 0.717) is 10.6 Å². The zero-order chi connectivity index (χ0) is 10.6. The average molecular weight is 234 g/mol. The minimum atomic E-state index is -0.922. The average Bonchev–Trinajstić information content (AvgIpc) is 2.52. The lowest BCUT2D eigenvalue weighted by molar-refractivity contribution is -0.136. The molecule has 0 aliphatic rings. The Hall–Kier alpha value is -1.07. The number of alkyl halides is 1. The van der Waals surface area contributed by atoms with Crippen molar-refractivity contribution in [3.8, 4) is 0 Å². The summed E-state index contributed by atoms with van der Waals surface area (Å²) in [5.74, 6) is -1.40. The van der Waals surface area contributed by atoms with Crippen molar-refractivity contribution in [2.75, 3.05) is 11.2 Å². The van der Waals surface area contributed by atoms with Crippen molar-refractivity contribution >= 4 is 40.5 Å². The lowest BCUT2D eigenvalue weighted by atomic mass is 10.3. The molecule has 0 radical (unpaired) electrons. The van der Waals surface area contributed by atoms with Gasteiger partial charge in [0.25, 0.3) is 0 Å². The van der Waals surface area contributed by atoms with Gasteiger partial charge in [-0.05, 0) is 11.4 Å². The van der Waals surface area contributed by atoms with Crippen LogP contribution in [0.1, 0.15) is 4.88 Å². The van der Waals surface area contributed by atoms with Gasteiger partial charge < -0.3 is 10.4 Å². The van der Waals surface area contributed by atoms with Gasteiger partial charge in [0.1, 0.15) is 5.88 Å². The van der Waals surface area contributed by atoms with E-state index in [1.54, 1.807) is 11.4 Å². The molecule has 1 rings (SSSR count). The number of rotatable bonds is 4. The van der Waals surface area contributed by atoms with Crippen molar-refractivity contribution < 1.29 is 14.7 Å². The van der Waals surface area contributed by atoms with E-state index in [1.165, 1.54) is 11.3 Å². The summed E-state index contributed by atoms with van der Waals surface area (Å²) in [6.45, 7) is 0. The van der Waals surface area contributed by atoms with Crippen LogP contribution >= 0.6 is 22.9 Å². The van der Waals surface area contributed by atoms with E-state index in [4.69, 9.17) is 16.7 Å². The van der Waals surface area contributed by atoms with Gasteiger partial charge in [-0.2, -0.15) is 0 Å². The molecular weight excluding hydrogens is 226 g/mol. The topological polar surface area (TPSA) is 66.4 Å². The van der Waals surface area contributed by atoms with Crippen molar-refractivity contribution in [3.63, 3.8) is 0 Å². The van der Waals surface area contributed by atoms with Crippen LogP contribution in [0.25, 0.3) is 0 Å². The molecule has 0 unspecified atom stereocenters. The van der Waals surface area contributed by atoms with E-state index >= 15 is 0 Å². The van der Waals surface area contributed by atoms with Gasteiger partial charge in [-0.1, -0.05) is 0 Å². The third kappa shape index (κ3) is 3.01. The summed E-state index contributed by atoms with van der Waals surface area (Å²) in [6.07, 6.45) is -0.0877. The number of hydrogen-bond acceptors (Lipinski definition) is 3. The number of aliphatic carboxylic acids is 1. The van der Waals surface area contributed by atoms with Gasteiger partial charge in [-0.15, -0.1) is 22.9 Å². The van der Waals surface area contributed by atoms with Crippen LogP contribution in [0.2, 0.25) is 0 Å². The van der Waals surface area contributed by atoms with Crippen molar-refractivity contribution in [3.05, 3.63) is 16.3 Å². The second kappa shape index (κ2) is 4.97. The summed E-state index contributed by atoms with van der Waals surface area (Å²) < 4.78 is 0. The van der Waals surface area contributed by atoms with E-state index < -0.39 is 5.97 Å². The van der Waals surface area contributed by atoms with Crippen LogP contribution < -0.4 is 5.32 Å². The Morgan fingerprint density at radius 3 is 2.86 bits per heavy atom. The second-order valence-corrected chi connectivity index (χ2v) is 3.78. The molecule has 0 fully saturated rings. The number of halogens is 1. The van der Waals surface area contributed by atoms with Crippen LogP contribution in [0.5, 0.6) is 0 Å². The van der Waals surface area contributed by atoms with Gasteiger partial charge in [0, 0.05) is 4.88 Å². The molecular formula is C8H8ClNO3S. The standard InChI is InChI=1S/C8H8ClNO3S/c9-4-7(11)10-5-1-2-14-6(5)3-8(12)13/h1-2H,3-4H2,(H,10,11)(H,12,13). The van der Waals surface area contributed by atoms with Crippen molar-refractivity contribution in [2.24, 2.45) is 0 Å². The summed E-state index contributed by atoms with van der Waals surface area (Å²) in [5, 5.41) is 12.8. The molecule has 4 nitrogen and oxygen atoms in total. The Morgan fingerprint density at radius 2 is 2.29 bits per heavy atom. The summed E-state index contributed by atoms with van der Waals surface area (Å²) in [7, 11) is 0. The van der Waals surface area contributed by atoms with E-state index in [9.17, 15) is 9.59 Å². The lowest BCUT2D eigenvalue weighted by Crippen LogP contribution is -2.13. The summed E-state index contributed by atoms with van der Waals surface area (Å²) in [4.78, 5) is 22.0. The van der Waals surface area contributed by atoms with Crippen LogP contribution in [-0.4, -0.2) is 22.9 Å². The predicted octanol–water partition coefficient (Wildman–Crippen LogP) is 1.55. The molecule has 0 aromatic carbocycles. The second-order valence-electron chi connectivity index (χ2n) is 2.51. The number of thiophene rings is 1. The van der Waals surface area contributed by atoms with Gasteiger partial charge >= 0.3 is 5.97 Å². The first-order valence-corrected chi connectivity index (χ1v) is 5.19. The van der Waals surface area contributed by atoms with Crippen LogP contribution in [-0.2, 0) is 16.0 Å². The van der Waals surface area contributed by atoms with E-state index in [0.717, 1.165) is 0 Å². The number of carboxylic acid groups (broad SMARTS) is 1. The maximum atomic E-state index is 10.9. The molecule has 1 aromatic heterocycles. The normalized spacial score (nSPS) is 9.79. The molecule has 0 aliphatic carbocycles. The summed E-state index contributed by atoms with van der Waals surface area (Å²) in [6, 6.07) is 1.66. The molecule has 0 bridgehead atoms. The first-order valence-electron chi connectivity index (χ1n) is 3.77. The first-order chi connectivity index (χ1) is 6.63. The maximum absolute atomic E-state index is 10.9. The Balaban J connectivity index is 2.72. The fraction of sp³-hybridized carbons (Fsp3) is 0.250. The molecule has 2 N–H and O–H groups in total. The number of amides is 1. The van der Waals surface area contributed by atoms with Crippen LogP contribution in [0.4, 0.5) is 5.69 Å². The molecule has 76 valence electrons. The molecule has 1 amide bonds. The molecule has 6 heteroatoms. The summed E-state index contributed by atoms with van der Waals surface area (Å²) >= 11 is 6.59. The van der Waals surface area contributed by atoms with Crippen molar-refractivity contribution in [1.29, 1.82) is 0 Å². The van der Waals surface area contributed by atoms with Gasteiger partial charge in [0.15, 0.2) is 0 Å². The highest BCUT2D eigenvalue weighted by Gasteiger charge is 2.10. The van der Waals surface area contributed by atoms with Gasteiger partial charge in [0.05, 0.1) is 12.1 Å². The number of carbonyl (C=O) groups is 2. The Kier molecular flexibility index (Phi) is 3.91. The Labute approximate surface area is 89.5 Å². The van der Waals surface area contributed by atoms with E-state index in [-0.39, 0.29) is 18.2 Å². The molecule has 0 atom stereocenters. The maximum Gasteiger partial charge on any atom is 0.308 e. The molecule has 1 aromatic rings. The molecule has 0 saturated carbocycles. The molecule has 0 spiro atoms. The smallest absolute Gasteiger partial charge is 0.308 e. The molecule has 0 aliphatic heterocycles. The number of carbonyl (C=O) groups excluding carboxylic acids is 1. The van der Waals surface area contributed by atoms with Gasteiger partial charge in [-0.25, -0.2) is 0 Å². The fourth-order valence-corrected chi connectivity index (χ4v) is 1.80. The Morgan fingerprint density at radius 1 is 1.57 bits per heavy atom. The SMILES string of the molecule is O=C(O)Cc1sccc1NC(=O)CCl. The van der Waals surface area contributed by atoms with Crippen LogP contribution in [0.3, 0.4) is 0 Å². The molecule has 1 heterocycles. The number of carboxylic acids is 1.